The lowest BCUT2D eigenvalue weighted by atomic mass is 10.1. The molecule has 6 heteroatoms. The topological polar surface area (TPSA) is 59.1 Å². The lowest BCUT2D eigenvalue weighted by Crippen LogP contribution is -2.13. The minimum atomic E-state index is -3.64. The molecule has 0 fully saturated rings. The van der Waals surface area contributed by atoms with Crippen molar-refractivity contribution in [3.63, 3.8) is 0 Å². The summed E-state index contributed by atoms with van der Waals surface area (Å²) >= 11 is 5.70. The van der Waals surface area contributed by atoms with Gasteiger partial charge >= 0.3 is 0 Å². The number of hydrogen-bond acceptors (Lipinski definition) is 3. The third-order valence-electron chi connectivity index (χ3n) is 2.48. The molecule has 2 aromatic rings. The highest BCUT2D eigenvalue weighted by Gasteiger charge is 2.15. The Morgan fingerprint density at radius 2 is 1.74 bits per heavy atom. The van der Waals surface area contributed by atoms with E-state index in [9.17, 15) is 8.42 Å². The van der Waals surface area contributed by atoms with Crippen LogP contribution in [0.25, 0.3) is 0 Å². The molecular weight excluding hydrogens is 284 g/mol. The highest BCUT2D eigenvalue weighted by atomic mass is 35.5. The summed E-state index contributed by atoms with van der Waals surface area (Å²) in [5, 5.41) is 0.142. The van der Waals surface area contributed by atoms with Gasteiger partial charge in [0.05, 0.1) is 4.90 Å². The zero-order valence-electron chi connectivity index (χ0n) is 10.5. The largest absolute Gasteiger partial charge is 0.280 e. The van der Waals surface area contributed by atoms with E-state index in [2.05, 4.69) is 9.71 Å². The molecule has 0 unspecified atom stereocenters. The van der Waals surface area contributed by atoms with Gasteiger partial charge in [0.25, 0.3) is 10.0 Å². The maximum atomic E-state index is 12.2. The van der Waals surface area contributed by atoms with Crippen molar-refractivity contribution in [1.82, 2.24) is 4.98 Å². The summed E-state index contributed by atoms with van der Waals surface area (Å²) in [5.74, 6) is 0. The lowest BCUT2D eigenvalue weighted by molar-refractivity contribution is 0.601. The van der Waals surface area contributed by atoms with Crippen LogP contribution in [0.3, 0.4) is 0 Å². The van der Waals surface area contributed by atoms with Gasteiger partial charge in [-0.25, -0.2) is 13.4 Å². The fraction of sp³-hybridized carbons (Fsp3) is 0.154. The molecular formula is C13H13ClN2O2S. The van der Waals surface area contributed by atoms with Crippen molar-refractivity contribution < 1.29 is 8.42 Å². The summed E-state index contributed by atoms with van der Waals surface area (Å²) in [5.41, 5.74) is 2.52. The van der Waals surface area contributed by atoms with Gasteiger partial charge in [0, 0.05) is 11.9 Å². The Balaban J connectivity index is 2.36. The molecule has 0 saturated heterocycles. The standard InChI is InChI=1S/C13H13ClN2O2S/c1-9-5-10(2)7-11(6-9)16-19(17,18)12-3-4-15-13(14)8-12/h3-8,16H,1-2H3. The average Bonchev–Trinajstić information content (AvgIpc) is 2.26. The molecule has 1 aromatic heterocycles. The molecule has 1 heterocycles. The molecule has 0 saturated carbocycles. The molecule has 100 valence electrons. The molecule has 2 rings (SSSR count). The molecule has 0 bridgehead atoms. The maximum Gasteiger partial charge on any atom is 0.262 e. The first kappa shape index (κ1) is 13.8. The summed E-state index contributed by atoms with van der Waals surface area (Å²) in [6, 6.07) is 8.23. The van der Waals surface area contributed by atoms with Crippen LogP contribution in [0.15, 0.2) is 41.4 Å². The van der Waals surface area contributed by atoms with Crippen LogP contribution in [0.4, 0.5) is 5.69 Å². The molecule has 0 spiro atoms. The van der Waals surface area contributed by atoms with E-state index < -0.39 is 10.0 Å². The molecule has 0 aliphatic carbocycles. The fourth-order valence-electron chi connectivity index (χ4n) is 1.80. The van der Waals surface area contributed by atoms with Crippen LogP contribution in [0, 0.1) is 13.8 Å². The van der Waals surface area contributed by atoms with Gasteiger partial charge in [-0.15, -0.1) is 0 Å². The molecule has 0 amide bonds. The van der Waals surface area contributed by atoms with Gasteiger partial charge in [0.2, 0.25) is 0 Å². The predicted octanol–water partition coefficient (Wildman–Crippen LogP) is 3.15. The Labute approximate surface area is 117 Å². The van der Waals surface area contributed by atoms with Crippen LogP contribution in [-0.4, -0.2) is 13.4 Å². The molecule has 1 N–H and O–H groups in total. The highest BCUT2D eigenvalue weighted by molar-refractivity contribution is 7.92. The van der Waals surface area contributed by atoms with E-state index in [1.54, 1.807) is 12.1 Å². The molecule has 4 nitrogen and oxygen atoms in total. The second-order valence-corrected chi connectivity index (χ2v) is 6.37. The minimum Gasteiger partial charge on any atom is -0.280 e. The number of benzene rings is 1. The van der Waals surface area contributed by atoms with Crippen molar-refractivity contribution in [2.24, 2.45) is 0 Å². The van der Waals surface area contributed by atoms with Gasteiger partial charge in [-0.3, -0.25) is 4.72 Å². The van der Waals surface area contributed by atoms with Gasteiger partial charge in [0.1, 0.15) is 5.15 Å². The summed E-state index contributed by atoms with van der Waals surface area (Å²) in [6.07, 6.45) is 1.36. The summed E-state index contributed by atoms with van der Waals surface area (Å²) in [4.78, 5) is 3.85. The summed E-state index contributed by atoms with van der Waals surface area (Å²) in [6.45, 7) is 3.82. The van der Waals surface area contributed by atoms with Gasteiger partial charge in [-0.1, -0.05) is 17.7 Å². The van der Waals surface area contributed by atoms with Crippen LogP contribution in [0.2, 0.25) is 5.15 Å². The van der Waals surface area contributed by atoms with Crippen molar-refractivity contribution in [1.29, 1.82) is 0 Å². The Morgan fingerprint density at radius 1 is 1.11 bits per heavy atom. The average molecular weight is 297 g/mol. The number of pyridine rings is 1. The van der Waals surface area contributed by atoms with E-state index in [0.717, 1.165) is 11.1 Å². The van der Waals surface area contributed by atoms with Crippen molar-refractivity contribution >= 4 is 27.3 Å². The second-order valence-electron chi connectivity index (χ2n) is 4.30. The lowest BCUT2D eigenvalue weighted by Gasteiger charge is -2.09. The number of aryl methyl sites for hydroxylation is 2. The van der Waals surface area contributed by atoms with Gasteiger partial charge in [0.15, 0.2) is 0 Å². The number of hydrogen-bond donors (Lipinski definition) is 1. The molecule has 0 aliphatic heterocycles. The molecule has 0 aliphatic rings. The van der Waals surface area contributed by atoms with E-state index in [1.165, 1.54) is 18.3 Å². The van der Waals surface area contributed by atoms with Crippen LogP contribution in [-0.2, 0) is 10.0 Å². The number of rotatable bonds is 3. The summed E-state index contributed by atoms with van der Waals surface area (Å²) < 4.78 is 26.9. The highest BCUT2D eigenvalue weighted by Crippen LogP contribution is 2.20. The molecule has 1 aromatic carbocycles. The number of nitrogens with zero attached hydrogens (tertiary/aromatic N) is 1. The first-order valence-corrected chi connectivity index (χ1v) is 7.45. The molecule has 19 heavy (non-hydrogen) atoms. The quantitative estimate of drug-likeness (QED) is 0.885. The Morgan fingerprint density at radius 3 is 2.32 bits per heavy atom. The zero-order valence-corrected chi connectivity index (χ0v) is 12.1. The minimum absolute atomic E-state index is 0.0895. The van der Waals surface area contributed by atoms with Crippen LogP contribution < -0.4 is 4.72 Å². The van der Waals surface area contributed by atoms with E-state index in [0.29, 0.717) is 5.69 Å². The fourth-order valence-corrected chi connectivity index (χ4v) is 3.09. The number of anilines is 1. The predicted molar refractivity (Wildman–Crippen MR) is 76.0 cm³/mol. The Bertz CT molecular complexity index is 694. The Kier molecular flexibility index (Phi) is 3.78. The Hall–Kier alpha value is -1.59. The van der Waals surface area contributed by atoms with Gasteiger partial charge in [-0.2, -0.15) is 0 Å². The van der Waals surface area contributed by atoms with Gasteiger partial charge < -0.3 is 0 Å². The second kappa shape index (κ2) is 5.19. The normalized spacial score (nSPS) is 11.3. The van der Waals surface area contributed by atoms with E-state index in [4.69, 9.17) is 11.6 Å². The summed E-state index contributed by atoms with van der Waals surface area (Å²) in [7, 11) is -3.64. The number of aromatic nitrogens is 1. The first-order chi connectivity index (χ1) is 8.87. The maximum absolute atomic E-state index is 12.2. The number of sulfonamides is 1. The first-order valence-electron chi connectivity index (χ1n) is 5.59. The van der Waals surface area contributed by atoms with Crippen molar-refractivity contribution in [2.75, 3.05) is 4.72 Å². The SMILES string of the molecule is Cc1cc(C)cc(NS(=O)(=O)c2ccnc(Cl)c2)c1. The van der Waals surface area contributed by atoms with Gasteiger partial charge in [-0.05, 0) is 49.2 Å². The van der Waals surface area contributed by atoms with Crippen molar-refractivity contribution in [3.05, 3.63) is 52.8 Å². The van der Waals surface area contributed by atoms with Crippen molar-refractivity contribution in [3.8, 4) is 0 Å². The monoisotopic (exact) mass is 296 g/mol. The molecule has 0 atom stereocenters. The third kappa shape index (κ3) is 3.45. The van der Waals surface area contributed by atoms with E-state index in [1.807, 2.05) is 19.9 Å². The van der Waals surface area contributed by atoms with Crippen LogP contribution in [0.5, 0.6) is 0 Å². The number of nitrogens with one attached hydrogen (secondary N) is 1. The van der Waals surface area contributed by atoms with E-state index >= 15 is 0 Å². The zero-order chi connectivity index (χ0) is 14.0. The van der Waals surface area contributed by atoms with E-state index in [-0.39, 0.29) is 10.0 Å². The number of halogens is 1. The van der Waals surface area contributed by atoms with Crippen LogP contribution >= 0.6 is 11.6 Å². The van der Waals surface area contributed by atoms with Crippen molar-refractivity contribution in [2.45, 2.75) is 18.7 Å². The third-order valence-corrected chi connectivity index (χ3v) is 4.07. The molecule has 0 radical (unpaired) electrons. The van der Waals surface area contributed by atoms with Crippen LogP contribution in [0.1, 0.15) is 11.1 Å². The smallest absolute Gasteiger partial charge is 0.262 e.